The Labute approximate surface area is 97.8 Å². The Kier molecular flexibility index (Phi) is 6.57. The summed E-state index contributed by atoms with van der Waals surface area (Å²) in [5.41, 5.74) is 0.400. The fourth-order valence-corrected chi connectivity index (χ4v) is 2.22. The van der Waals surface area contributed by atoms with Crippen LogP contribution in [0.4, 0.5) is 0 Å². The van der Waals surface area contributed by atoms with Crippen LogP contribution in [0.2, 0.25) is 0 Å². The van der Waals surface area contributed by atoms with E-state index in [9.17, 15) is 4.79 Å². The first kappa shape index (κ1) is 13.4. The number of rotatable bonds is 1. The third kappa shape index (κ3) is 6.91. The van der Waals surface area contributed by atoms with Gasteiger partial charge in [0, 0.05) is 0 Å². The summed E-state index contributed by atoms with van der Waals surface area (Å²) < 4.78 is 1.18. The summed E-state index contributed by atoms with van der Waals surface area (Å²) in [5, 5.41) is 8.53. The van der Waals surface area contributed by atoms with E-state index in [1.807, 2.05) is 32.1 Å². The second-order valence-corrected chi connectivity index (χ2v) is 6.81. The van der Waals surface area contributed by atoms with Gasteiger partial charge >= 0.3 is 71.8 Å². The molecule has 0 amide bonds. The first-order chi connectivity index (χ1) is 6.43. The molecule has 0 bridgehead atoms. The van der Waals surface area contributed by atoms with Crippen molar-refractivity contribution in [2.45, 2.75) is 0 Å². The van der Waals surface area contributed by atoms with Crippen molar-refractivity contribution < 1.29 is 9.90 Å². The summed E-state index contributed by atoms with van der Waals surface area (Å²) >= 11 is 0.412. The molecule has 0 fully saturated rings. The molecule has 0 aliphatic carbocycles. The van der Waals surface area contributed by atoms with Crippen molar-refractivity contribution in [3.63, 3.8) is 0 Å². The van der Waals surface area contributed by atoms with Crippen molar-refractivity contribution in [2.24, 2.45) is 0 Å². The molecule has 0 unspecified atom stereocenters. The van der Waals surface area contributed by atoms with E-state index in [1.54, 1.807) is 18.2 Å². The van der Waals surface area contributed by atoms with Gasteiger partial charge in [0.1, 0.15) is 0 Å². The zero-order valence-corrected chi connectivity index (χ0v) is 14.8. The minimum atomic E-state index is -0.838. The van der Waals surface area contributed by atoms with Gasteiger partial charge in [0.2, 0.25) is 0 Å². The van der Waals surface area contributed by atoms with Gasteiger partial charge in [-0.25, -0.2) is 0 Å². The number of carboxylic acids is 1. The number of carbonyl (C=O) groups is 1. The molecular weight excluding hydrogens is 285 g/mol. The zero-order valence-electron chi connectivity index (χ0n) is 9.11. The molecule has 1 aromatic rings. The van der Waals surface area contributed by atoms with Crippen LogP contribution in [0, 0.1) is 0 Å². The molecule has 0 aromatic heterocycles. The molecule has 1 N–H and O–H groups in total. The molecule has 0 saturated carbocycles. The molecule has 4 heteroatoms. The first-order valence-corrected chi connectivity index (χ1v) is 7.19. The number of aromatic carboxylic acids is 1. The summed E-state index contributed by atoms with van der Waals surface area (Å²) in [6.45, 7) is 0. The number of carboxylic acid groups (broad SMARTS) is 1. The second-order valence-electron chi connectivity index (χ2n) is 3.52. The Morgan fingerprint density at radius 2 is 1.86 bits per heavy atom. The van der Waals surface area contributed by atoms with Crippen LogP contribution >= 0.6 is 0 Å². The molecule has 0 aliphatic heterocycles. The van der Waals surface area contributed by atoms with E-state index in [0.29, 0.717) is 28.1 Å². The van der Waals surface area contributed by atoms with Gasteiger partial charge in [-0.05, 0) is 21.1 Å². The first-order valence-electron chi connectivity index (χ1n) is 4.34. The molecule has 0 saturated heterocycles. The third-order valence-electron chi connectivity index (χ3n) is 1.27. The Morgan fingerprint density at radius 3 is 2.14 bits per heavy atom. The van der Waals surface area contributed by atoms with E-state index in [-0.39, 0.29) is 0 Å². The molecule has 0 radical (unpaired) electrons. The summed E-state index contributed by atoms with van der Waals surface area (Å²) in [5.74, 6) is -0.838. The van der Waals surface area contributed by atoms with E-state index in [0.717, 1.165) is 0 Å². The van der Waals surface area contributed by atoms with Crippen molar-refractivity contribution in [3.8, 4) is 0 Å². The number of nitrogens with zero attached hydrogens (tertiary/aromatic N) is 1. The van der Waals surface area contributed by atoms with Gasteiger partial charge in [0.25, 0.3) is 0 Å². The van der Waals surface area contributed by atoms with Crippen LogP contribution in [0.1, 0.15) is 10.4 Å². The predicted octanol–water partition coefficient (Wildman–Crippen LogP) is -0.447. The van der Waals surface area contributed by atoms with Gasteiger partial charge in [-0.2, -0.15) is 0 Å². The van der Waals surface area contributed by atoms with E-state index in [4.69, 9.17) is 5.11 Å². The number of hydrogen-bond donors (Lipinski definition) is 1. The van der Waals surface area contributed by atoms with Crippen LogP contribution in [0.25, 0.3) is 0 Å². The number of benzene rings is 1. The Morgan fingerprint density at radius 1 is 1.36 bits per heavy atom. The quantitative estimate of drug-likeness (QED) is 0.715. The minimum absolute atomic E-state index is 0.400. The Bertz CT molecular complexity index is 297. The molecular formula is C10H17NO2Sn. The molecule has 1 aromatic carbocycles. The van der Waals surface area contributed by atoms with Crippen molar-refractivity contribution in [1.29, 1.82) is 0 Å². The third-order valence-corrected chi connectivity index (χ3v) is 3.04. The van der Waals surface area contributed by atoms with Crippen molar-refractivity contribution in [2.75, 3.05) is 21.1 Å². The van der Waals surface area contributed by atoms with Crippen LogP contribution < -0.4 is 3.58 Å². The molecule has 78 valence electrons. The summed E-state index contributed by atoms with van der Waals surface area (Å²) in [7, 11) is 6.00. The van der Waals surface area contributed by atoms with Gasteiger partial charge in [-0.1, -0.05) is 0 Å². The van der Waals surface area contributed by atoms with E-state index in [1.165, 1.54) is 3.58 Å². The topological polar surface area (TPSA) is 40.5 Å². The summed E-state index contributed by atoms with van der Waals surface area (Å²) in [6.07, 6.45) is 0. The van der Waals surface area contributed by atoms with Crippen LogP contribution in [-0.4, -0.2) is 59.6 Å². The summed E-state index contributed by atoms with van der Waals surface area (Å²) in [6, 6.07) is 7.10. The predicted molar refractivity (Wildman–Crippen MR) is 62.6 cm³/mol. The maximum absolute atomic E-state index is 10.4. The standard InChI is InChI=1S/C7H5O2.C3H9N.Sn.3H/c8-7(9)6-4-2-1-3-5-6;1-4(2)3;;;;/h1-2,4-5H,(H,8,9);1-3H3;;;;. The fourth-order valence-electron chi connectivity index (χ4n) is 0.778. The van der Waals surface area contributed by atoms with Crippen molar-refractivity contribution >= 4 is 32.1 Å². The van der Waals surface area contributed by atoms with Crippen LogP contribution in [0.3, 0.4) is 0 Å². The van der Waals surface area contributed by atoms with Crippen LogP contribution in [-0.2, 0) is 0 Å². The normalized spacial score (nSPS) is 9.43. The molecule has 0 spiro atoms. The van der Waals surface area contributed by atoms with E-state index < -0.39 is 5.97 Å². The molecule has 0 atom stereocenters. The zero-order chi connectivity index (χ0) is 11.1. The van der Waals surface area contributed by atoms with Gasteiger partial charge in [-0.15, -0.1) is 0 Å². The molecule has 14 heavy (non-hydrogen) atoms. The van der Waals surface area contributed by atoms with Gasteiger partial charge in [0.15, 0.2) is 0 Å². The van der Waals surface area contributed by atoms with Gasteiger partial charge in [0.05, 0.1) is 0 Å². The molecule has 0 aliphatic rings. The van der Waals surface area contributed by atoms with E-state index in [2.05, 4.69) is 0 Å². The SMILES string of the molecule is CN(C)C.O=C(O)c1ccc[c]([SnH3])c1. The monoisotopic (exact) mass is 303 g/mol. The maximum atomic E-state index is 10.4. The average molecular weight is 302 g/mol. The molecule has 1 rings (SSSR count). The number of hydrogen-bond acceptors (Lipinski definition) is 2. The van der Waals surface area contributed by atoms with Crippen LogP contribution in [0.15, 0.2) is 24.3 Å². The average Bonchev–Trinajstić information content (AvgIpc) is 2.03. The molecule has 0 heterocycles. The van der Waals surface area contributed by atoms with Gasteiger partial charge < -0.3 is 4.90 Å². The van der Waals surface area contributed by atoms with E-state index >= 15 is 0 Å². The fraction of sp³-hybridized carbons (Fsp3) is 0.300. The van der Waals surface area contributed by atoms with Crippen molar-refractivity contribution in [1.82, 2.24) is 4.90 Å². The Balaban J connectivity index is 0.000000364. The van der Waals surface area contributed by atoms with Crippen LogP contribution in [0.5, 0.6) is 0 Å². The Hall–Kier alpha value is -0.551. The summed E-state index contributed by atoms with van der Waals surface area (Å²) in [4.78, 5) is 12.4. The molecule has 3 nitrogen and oxygen atoms in total. The van der Waals surface area contributed by atoms with Crippen molar-refractivity contribution in [3.05, 3.63) is 29.8 Å². The van der Waals surface area contributed by atoms with Gasteiger partial charge in [-0.3, -0.25) is 0 Å². The second kappa shape index (κ2) is 6.84.